The molecule has 0 radical (unpaired) electrons. The molecule has 0 atom stereocenters. The van der Waals surface area contributed by atoms with E-state index in [-0.39, 0.29) is 31.2 Å². The molecule has 0 N–H and O–H groups in total. The lowest BCUT2D eigenvalue weighted by molar-refractivity contribution is -0.144. The van der Waals surface area contributed by atoms with Crippen molar-refractivity contribution in [3.05, 3.63) is 50.7 Å². The Bertz CT molecular complexity index is 862. The molecule has 6 heteroatoms. The smallest absolute Gasteiger partial charge is 0.306 e. The number of benzene rings is 1. The van der Waals surface area contributed by atoms with E-state index in [1.807, 2.05) is 44.2 Å². The van der Waals surface area contributed by atoms with Crippen molar-refractivity contribution in [1.82, 2.24) is 4.98 Å². The Morgan fingerprint density at radius 1 is 1.12 bits per heavy atom. The molecular formula is C18H17NO3S2. The molecule has 0 spiro atoms. The first kappa shape index (κ1) is 16.8. The number of aromatic nitrogens is 1. The average molecular weight is 359 g/mol. The van der Waals surface area contributed by atoms with E-state index in [0.717, 1.165) is 30.5 Å². The normalized spacial score (nSPS) is 10.9. The fourth-order valence-electron chi connectivity index (χ4n) is 2.45. The molecular weight excluding hydrogens is 342 g/mol. The summed E-state index contributed by atoms with van der Waals surface area (Å²) in [4.78, 5) is 30.5. The predicted octanol–water partition coefficient (Wildman–Crippen LogP) is 4.68. The monoisotopic (exact) mass is 359 g/mol. The van der Waals surface area contributed by atoms with Crippen molar-refractivity contribution in [2.45, 2.75) is 33.3 Å². The summed E-state index contributed by atoms with van der Waals surface area (Å²) in [6.07, 6.45) is 0.272. The minimum absolute atomic E-state index is 0.00575. The quantitative estimate of drug-likeness (QED) is 0.474. The topological polar surface area (TPSA) is 56.3 Å². The molecule has 0 amide bonds. The van der Waals surface area contributed by atoms with Crippen LogP contribution in [-0.2, 0) is 16.1 Å². The van der Waals surface area contributed by atoms with Crippen LogP contribution < -0.4 is 0 Å². The van der Waals surface area contributed by atoms with Crippen LogP contribution >= 0.6 is 22.7 Å². The number of rotatable bonds is 6. The lowest BCUT2D eigenvalue weighted by atomic mass is 10.1. The number of carbonyl (C=O) groups excluding carboxylic acids is 2. The van der Waals surface area contributed by atoms with Gasteiger partial charge in [-0.05, 0) is 32.0 Å². The zero-order valence-corrected chi connectivity index (χ0v) is 15.1. The Kier molecular flexibility index (Phi) is 5.06. The van der Waals surface area contributed by atoms with Gasteiger partial charge in [0.1, 0.15) is 11.6 Å². The van der Waals surface area contributed by atoms with Gasteiger partial charge >= 0.3 is 5.97 Å². The second-order valence-corrected chi connectivity index (χ2v) is 8.06. The van der Waals surface area contributed by atoms with Crippen LogP contribution in [0.15, 0.2) is 30.3 Å². The van der Waals surface area contributed by atoms with Gasteiger partial charge in [-0.25, -0.2) is 4.98 Å². The number of esters is 1. The number of aryl methyl sites for hydroxylation is 2. The number of carbonyl (C=O) groups is 2. The number of thiazole rings is 1. The third-order valence-corrected chi connectivity index (χ3v) is 5.57. The molecule has 4 nitrogen and oxygen atoms in total. The van der Waals surface area contributed by atoms with Crippen molar-refractivity contribution in [2.75, 3.05) is 0 Å². The summed E-state index contributed by atoms with van der Waals surface area (Å²) < 4.78 is 6.31. The Morgan fingerprint density at radius 3 is 2.62 bits per heavy atom. The van der Waals surface area contributed by atoms with Crippen molar-refractivity contribution in [3.8, 4) is 0 Å². The minimum atomic E-state index is -0.368. The largest absolute Gasteiger partial charge is 0.458 e. The van der Waals surface area contributed by atoms with Gasteiger partial charge < -0.3 is 4.74 Å². The summed E-state index contributed by atoms with van der Waals surface area (Å²) in [5.41, 5.74) is 1.63. The molecule has 0 unspecified atom stereocenters. The number of para-hydroxylation sites is 1. The van der Waals surface area contributed by atoms with Crippen molar-refractivity contribution in [2.24, 2.45) is 0 Å². The number of thiophene rings is 1. The van der Waals surface area contributed by atoms with Gasteiger partial charge in [-0.2, -0.15) is 0 Å². The molecule has 0 saturated carbocycles. The van der Waals surface area contributed by atoms with E-state index in [0.29, 0.717) is 0 Å². The van der Waals surface area contributed by atoms with Crippen LogP contribution in [0.1, 0.15) is 38.0 Å². The van der Waals surface area contributed by atoms with Crippen LogP contribution in [0, 0.1) is 13.8 Å². The van der Waals surface area contributed by atoms with Gasteiger partial charge in [-0.3, -0.25) is 9.59 Å². The summed E-state index contributed by atoms with van der Waals surface area (Å²) >= 11 is 3.11. The Balaban J connectivity index is 1.50. The fraction of sp³-hybridized carbons (Fsp3) is 0.278. The van der Waals surface area contributed by atoms with Gasteiger partial charge in [0.25, 0.3) is 0 Å². The molecule has 0 aliphatic rings. The minimum Gasteiger partial charge on any atom is -0.458 e. The molecule has 0 saturated heterocycles. The van der Waals surface area contributed by atoms with Gasteiger partial charge in [0.2, 0.25) is 0 Å². The van der Waals surface area contributed by atoms with Crippen LogP contribution in [-0.4, -0.2) is 16.7 Å². The van der Waals surface area contributed by atoms with E-state index in [9.17, 15) is 9.59 Å². The van der Waals surface area contributed by atoms with E-state index in [4.69, 9.17) is 4.74 Å². The molecule has 3 rings (SSSR count). The first-order valence-electron chi connectivity index (χ1n) is 7.63. The van der Waals surface area contributed by atoms with Gasteiger partial charge in [0.05, 0.1) is 16.6 Å². The number of fused-ring (bicyclic) bond motifs is 1. The lowest BCUT2D eigenvalue weighted by Crippen LogP contribution is -2.08. The van der Waals surface area contributed by atoms with E-state index in [2.05, 4.69) is 4.98 Å². The molecule has 0 fully saturated rings. The molecule has 0 bridgehead atoms. The van der Waals surface area contributed by atoms with Crippen LogP contribution in [0.25, 0.3) is 10.2 Å². The highest BCUT2D eigenvalue weighted by atomic mass is 32.1. The molecule has 1 aromatic carbocycles. The summed E-state index contributed by atoms with van der Waals surface area (Å²) in [5, 5.41) is 0.764. The van der Waals surface area contributed by atoms with E-state index in [1.165, 1.54) is 11.3 Å². The highest BCUT2D eigenvalue weighted by molar-refractivity contribution is 7.18. The van der Waals surface area contributed by atoms with E-state index in [1.54, 1.807) is 11.3 Å². The second kappa shape index (κ2) is 7.23. The molecule has 2 heterocycles. The summed E-state index contributed by atoms with van der Waals surface area (Å²) in [7, 11) is 0. The molecule has 24 heavy (non-hydrogen) atoms. The lowest BCUT2D eigenvalue weighted by Gasteiger charge is -2.02. The van der Waals surface area contributed by atoms with Gasteiger partial charge in [-0.1, -0.05) is 12.1 Å². The van der Waals surface area contributed by atoms with Gasteiger partial charge in [0, 0.05) is 21.7 Å². The third kappa shape index (κ3) is 3.88. The van der Waals surface area contributed by atoms with Gasteiger partial charge in [0.15, 0.2) is 5.78 Å². The molecule has 0 aliphatic heterocycles. The van der Waals surface area contributed by atoms with Crippen molar-refractivity contribution >= 4 is 44.6 Å². The summed E-state index contributed by atoms with van der Waals surface area (Å²) in [6, 6.07) is 9.69. The molecule has 3 aromatic rings. The number of Topliss-reactive ketones (excluding diaryl/α,β-unsaturated/α-hetero) is 1. The van der Waals surface area contributed by atoms with Crippen LogP contribution in [0.5, 0.6) is 0 Å². The Hall–Kier alpha value is -2.05. The van der Waals surface area contributed by atoms with Crippen LogP contribution in [0.4, 0.5) is 0 Å². The fourth-order valence-corrected chi connectivity index (χ4v) is 4.28. The maximum atomic E-state index is 12.2. The van der Waals surface area contributed by atoms with Crippen molar-refractivity contribution < 1.29 is 14.3 Å². The maximum Gasteiger partial charge on any atom is 0.306 e. The molecule has 0 aliphatic carbocycles. The number of ether oxygens (including phenoxy) is 1. The zero-order chi connectivity index (χ0) is 17.1. The number of ketones is 1. The summed E-state index contributed by atoms with van der Waals surface area (Å²) in [6.45, 7) is 4.06. The zero-order valence-electron chi connectivity index (χ0n) is 13.5. The highest BCUT2D eigenvalue weighted by Gasteiger charge is 2.15. The summed E-state index contributed by atoms with van der Waals surface area (Å²) in [5.74, 6) is -0.374. The Labute approximate surface area is 148 Å². The number of hydrogen-bond acceptors (Lipinski definition) is 6. The number of hydrogen-bond donors (Lipinski definition) is 0. The second-order valence-electron chi connectivity index (χ2n) is 5.49. The Morgan fingerprint density at radius 2 is 1.92 bits per heavy atom. The third-order valence-electron chi connectivity index (χ3n) is 3.59. The van der Waals surface area contributed by atoms with Crippen molar-refractivity contribution in [3.63, 3.8) is 0 Å². The standard InChI is InChI=1S/C18H17NO3S2/c1-11-9-13(12(2)23-11)15(20)7-8-18(21)22-10-17-19-14-5-3-4-6-16(14)24-17/h3-6,9H,7-8,10H2,1-2H3. The van der Waals surface area contributed by atoms with E-state index < -0.39 is 0 Å². The predicted molar refractivity (Wildman–Crippen MR) is 96.8 cm³/mol. The molecule has 2 aromatic heterocycles. The first-order chi connectivity index (χ1) is 11.5. The maximum absolute atomic E-state index is 12.2. The van der Waals surface area contributed by atoms with Crippen molar-refractivity contribution in [1.29, 1.82) is 0 Å². The number of nitrogens with zero attached hydrogens (tertiary/aromatic N) is 1. The van der Waals surface area contributed by atoms with Crippen LogP contribution in [0.2, 0.25) is 0 Å². The average Bonchev–Trinajstić information content (AvgIpc) is 3.12. The van der Waals surface area contributed by atoms with E-state index >= 15 is 0 Å². The van der Waals surface area contributed by atoms with Gasteiger partial charge in [-0.15, -0.1) is 22.7 Å². The van der Waals surface area contributed by atoms with Crippen LogP contribution in [0.3, 0.4) is 0 Å². The first-order valence-corrected chi connectivity index (χ1v) is 9.26. The SMILES string of the molecule is Cc1cc(C(=O)CCC(=O)OCc2nc3ccccc3s2)c(C)s1. The highest BCUT2D eigenvalue weighted by Crippen LogP contribution is 2.23. The molecule has 124 valence electrons.